The Morgan fingerprint density at radius 2 is 1.61 bits per heavy atom. The van der Waals surface area contributed by atoms with E-state index in [1.165, 1.54) is 24.5 Å². The summed E-state index contributed by atoms with van der Waals surface area (Å²) in [7, 11) is 1.32. The van der Waals surface area contributed by atoms with Crippen LogP contribution in [-0.2, 0) is 9.53 Å². The molecule has 0 radical (unpaired) electrons. The van der Waals surface area contributed by atoms with Gasteiger partial charge in [-0.2, -0.15) is 0 Å². The molecule has 3 rings (SSSR count). The van der Waals surface area contributed by atoms with Crippen molar-refractivity contribution in [1.82, 2.24) is 0 Å². The number of rotatable bonds is 5. The van der Waals surface area contributed by atoms with Gasteiger partial charge in [0.25, 0.3) is 0 Å². The lowest BCUT2D eigenvalue weighted by Gasteiger charge is -2.07. The van der Waals surface area contributed by atoms with E-state index in [0.717, 1.165) is 25.6 Å². The average Bonchev–Trinajstić information content (AvgIpc) is 3.11. The summed E-state index contributed by atoms with van der Waals surface area (Å²) in [5.41, 5.74) is 2.83. The second-order valence-electron chi connectivity index (χ2n) is 5.73. The zero-order valence-corrected chi connectivity index (χ0v) is 18.7. The standard InChI is InChI=1S/C21H15Br2NO3S/c1-27-21(26)19-17(14-5-9-16(23)10-6-14)12-28-20(19)24-18(25)11-4-13-2-7-15(22)8-3-13/h2-12H,1H3,(H,24,25). The van der Waals surface area contributed by atoms with Crippen molar-refractivity contribution < 1.29 is 14.3 Å². The molecule has 0 spiro atoms. The van der Waals surface area contributed by atoms with Crippen LogP contribution < -0.4 is 5.32 Å². The zero-order chi connectivity index (χ0) is 20.1. The molecule has 0 aliphatic carbocycles. The van der Waals surface area contributed by atoms with Gasteiger partial charge >= 0.3 is 5.97 Å². The van der Waals surface area contributed by atoms with Gasteiger partial charge in [0.1, 0.15) is 10.6 Å². The fourth-order valence-corrected chi connectivity index (χ4v) is 3.98. The first-order valence-corrected chi connectivity index (χ1v) is 10.6. The number of benzene rings is 2. The molecule has 0 saturated heterocycles. The quantitative estimate of drug-likeness (QED) is 0.313. The summed E-state index contributed by atoms with van der Waals surface area (Å²) in [6, 6.07) is 15.2. The molecule has 2 aromatic carbocycles. The summed E-state index contributed by atoms with van der Waals surface area (Å²) in [5.74, 6) is -0.816. The number of carbonyl (C=O) groups is 2. The van der Waals surface area contributed by atoms with Gasteiger partial charge in [0.2, 0.25) is 5.91 Å². The molecular weight excluding hydrogens is 506 g/mol. The van der Waals surface area contributed by atoms with Gasteiger partial charge in [0, 0.05) is 26.0 Å². The van der Waals surface area contributed by atoms with Crippen molar-refractivity contribution >= 4 is 66.2 Å². The number of ether oxygens (including phenoxy) is 1. The van der Waals surface area contributed by atoms with E-state index in [1.54, 1.807) is 6.08 Å². The summed E-state index contributed by atoms with van der Waals surface area (Å²) < 4.78 is 6.84. The number of thiophene rings is 1. The van der Waals surface area contributed by atoms with Crippen LogP contribution in [0, 0.1) is 0 Å². The summed E-state index contributed by atoms with van der Waals surface area (Å²) in [6.07, 6.45) is 3.14. The summed E-state index contributed by atoms with van der Waals surface area (Å²) in [4.78, 5) is 24.7. The van der Waals surface area contributed by atoms with Crippen molar-refractivity contribution in [2.75, 3.05) is 12.4 Å². The molecular formula is C21H15Br2NO3S. The molecule has 1 amide bonds. The van der Waals surface area contributed by atoms with E-state index in [-0.39, 0.29) is 5.91 Å². The highest BCUT2D eigenvalue weighted by molar-refractivity contribution is 9.10. The van der Waals surface area contributed by atoms with Crippen molar-refractivity contribution in [3.8, 4) is 11.1 Å². The van der Waals surface area contributed by atoms with Crippen LogP contribution in [0.2, 0.25) is 0 Å². The number of anilines is 1. The predicted molar refractivity (Wildman–Crippen MR) is 121 cm³/mol. The normalized spacial score (nSPS) is 10.8. The third kappa shape index (κ3) is 4.98. The highest BCUT2D eigenvalue weighted by atomic mass is 79.9. The van der Waals surface area contributed by atoms with Gasteiger partial charge in [-0.05, 0) is 41.5 Å². The van der Waals surface area contributed by atoms with Crippen molar-refractivity contribution in [3.63, 3.8) is 0 Å². The van der Waals surface area contributed by atoms with Crippen LogP contribution >= 0.6 is 43.2 Å². The molecule has 0 saturated carbocycles. The number of methoxy groups -OCH3 is 1. The average molecular weight is 521 g/mol. The summed E-state index contributed by atoms with van der Waals surface area (Å²) in [6.45, 7) is 0. The van der Waals surface area contributed by atoms with Gasteiger partial charge in [-0.15, -0.1) is 11.3 Å². The largest absolute Gasteiger partial charge is 0.465 e. The van der Waals surface area contributed by atoms with Crippen molar-refractivity contribution in [3.05, 3.63) is 80.1 Å². The molecule has 0 aliphatic rings. The molecule has 28 heavy (non-hydrogen) atoms. The van der Waals surface area contributed by atoms with Crippen LogP contribution in [0.3, 0.4) is 0 Å². The van der Waals surface area contributed by atoms with Crippen LogP contribution in [0.15, 0.2) is 68.9 Å². The maximum absolute atomic E-state index is 12.4. The summed E-state index contributed by atoms with van der Waals surface area (Å²) in [5, 5.41) is 5.07. The lowest BCUT2D eigenvalue weighted by molar-refractivity contribution is -0.111. The van der Waals surface area contributed by atoms with Gasteiger partial charge in [0.15, 0.2) is 0 Å². The van der Waals surface area contributed by atoms with Gasteiger partial charge in [-0.1, -0.05) is 56.1 Å². The van der Waals surface area contributed by atoms with Gasteiger partial charge < -0.3 is 10.1 Å². The number of hydrogen-bond acceptors (Lipinski definition) is 4. The van der Waals surface area contributed by atoms with Crippen LogP contribution in [0.4, 0.5) is 5.00 Å². The molecule has 0 fully saturated rings. The number of hydrogen-bond donors (Lipinski definition) is 1. The van der Waals surface area contributed by atoms with Crippen LogP contribution in [0.5, 0.6) is 0 Å². The highest BCUT2D eigenvalue weighted by Crippen LogP contribution is 2.36. The minimum absolute atomic E-state index is 0.322. The Kier molecular flexibility index (Phi) is 6.83. The molecule has 0 atom stereocenters. The fourth-order valence-electron chi connectivity index (χ4n) is 2.50. The number of nitrogens with one attached hydrogen (secondary N) is 1. The molecule has 4 nitrogen and oxygen atoms in total. The monoisotopic (exact) mass is 519 g/mol. The van der Waals surface area contributed by atoms with E-state index in [1.807, 2.05) is 53.9 Å². The summed E-state index contributed by atoms with van der Waals surface area (Å²) >= 11 is 8.06. The Labute approximate surface area is 183 Å². The maximum Gasteiger partial charge on any atom is 0.341 e. The molecule has 7 heteroatoms. The Hall–Kier alpha value is -2.22. The third-order valence-electron chi connectivity index (χ3n) is 3.87. The first-order chi connectivity index (χ1) is 13.5. The SMILES string of the molecule is COC(=O)c1c(-c2ccc(Br)cc2)csc1NC(=O)C=Cc1ccc(Br)cc1. The Morgan fingerprint density at radius 3 is 2.21 bits per heavy atom. The second-order valence-corrected chi connectivity index (χ2v) is 8.44. The van der Waals surface area contributed by atoms with E-state index in [2.05, 4.69) is 37.2 Å². The van der Waals surface area contributed by atoms with E-state index in [0.29, 0.717) is 10.6 Å². The zero-order valence-electron chi connectivity index (χ0n) is 14.7. The van der Waals surface area contributed by atoms with Gasteiger partial charge in [0.05, 0.1) is 7.11 Å². The van der Waals surface area contributed by atoms with Crippen LogP contribution in [0.1, 0.15) is 15.9 Å². The molecule has 0 bridgehead atoms. The lowest BCUT2D eigenvalue weighted by atomic mass is 10.0. The molecule has 3 aromatic rings. The Balaban J connectivity index is 1.85. The van der Waals surface area contributed by atoms with E-state index in [9.17, 15) is 9.59 Å². The molecule has 0 unspecified atom stereocenters. The van der Waals surface area contributed by atoms with E-state index < -0.39 is 5.97 Å². The van der Waals surface area contributed by atoms with E-state index >= 15 is 0 Å². The second kappa shape index (κ2) is 9.32. The molecule has 0 aliphatic heterocycles. The van der Waals surface area contributed by atoms with Crippen molar-refractivity contribution in [1.29, 1.82) is 0 Å². The van der Waals surface area contributed by atoms with Gasteiger partial charge in [-0.3, -0.25) is 4.79 Å². The lowest BCUT2D eigenvalue weighted by Crippen LogP contribution is -2.11. The smallest absolute Gasteiger partial charge is 0.341 e. The molecule has 1 aromatic heterocycles. The number of amides is 1. The maximum atomic E-state index is 12.4. The van der Waals surface area contributed by atoms with E-state index in [4.69, 9.17) is 4.74 Å². The van der Waals surface area contributed by atoms with Crippen LogP contribution in [0.25, 0.3) is 17.2 Å². The van der Waals surface area contributed by atoms with Crippen molar-refractivity contribution in [2.45, 2.75) is 0 Å². The first-order valence-electron chi connectivity index (χ1n) is 8.18. The third-order valence-corrected chi connectivity index (χ3v) is 5.82. The first kappa shape index (κ1) is 20.5. The highest BCUT2D eigenvalue weighted by Gasteiger charge is 2.21. The minimum atomic E-state index is -0.494. The minimum Gasteiger partial charge on any atom is -0.465 e. The number of carbonyl (C=O) groups excluding carboxylic acids is 2. The van der Waals surface area contributed by atoms with Gasteiger partial charge in [-0.25, -0.2) is 4.79 Å². The fraction of sp³-hybridized carbons (Fsp3) is 0.0476. The molecule has 142 valence electrons. The number of esters is 1. The topological polar surface area (TPSA) is 55.4 Å². The molecule has 1 heterocycles. The Bertz CT molecular complexity index is 1020. The Morgan fingerprint density at radius 1 is 1.00 bits per heavy atom. The van der Waals surface area contributed by atoms with Crippen LogP contribution in [-0.4, -0.2) is 19.0 Å². The van der Waals surface area contributed by atoms with Crippen molar-refractivity contribution in [2.24, 2.45) is 0 Å². The predicted octanol–water partition coefficient (Wildman–Crippen LogP) is 6.38. The molecule has 1 N–H and O–H groups in total. The number of halogens is 2.